The number of anilines is 3. The lowest BCUT2D eigenvalue weighted by Gasteiger charge is -2.34. The van der Waals surface area contributed by atoms with Crippen LogP contribution in [-0.2, 0) is 5.41 Å². The summed E-state index contributed by atoms with van der Waals surface area (Å²) in [4.78, 5) is 2.35. The third-order valence-electron chi connectivity index (χ3n) is 14.3. The molecule has 1 aliphatic carbocycles. The van der Waals surface area contributed by atoms with Gasteiger partial charge in [-0.15, -0.1) is 0 Å². The van der Waals surface area contributed by atoms with E-state index < -0.39 is 5.41 Å². The molecule has 0 aliphatic heterocycles. The van der Waals surface area contributed by atoms with Crippen molar-refractivity contribution in [2.75, 3.05) is 4.90 Å². The summed E-state index contributed by atoms with van der Waals surface area (Å²) in [6.07, 6.45) is 0. The van der Waals surface area contributed by atoms with Gasteiger partial charge >= 0.3 is 0 Å². The van der Waals surface area contributed by atoms with Crippen molar-refractivity contribution in [2.45, 2.75) is 5.41 Å². The van der Waals surface area contributed by atoms with Crippen LogP contribution in [0.15, 0.2) is 279 Å². The van der Waals surface area contributed by atoms with Gasteiger partial charge in [-0.3, -0.25) is 0 Å². The first-order valence-electron chi connectivity index (χ1n) is 23.8. The van der Waals surface area contributed by atoms with Gasteiger partial charge in [0.15, 0.2) is 0 Å². The highest BCUT2D eigenvalue weighted by Crippen LogP contribution is 2.58. The average molecular weight is 879 g/mol. The molecule has 11 aromatic carbocycles. The monoisotopic (exact) mass is 878 g/mol. The lowest BCUT2D eigenvalue weighted by atomic mass is 9.67. The normalized spacial score (nSPS) is 12.5. The van der Waals surface area contributed by atoms with Crippen molar-refractivity contribution in [3.63, 3.8) is 0 Å². The van der Waals surface area contributed by atoms with Gasteiger partial charge in [0.05, 0.1) is 16.4 Å². The maximum absolute atomic E-state index is 2.52. The molecular formula is C67H46N2. The summed E-state index contributed by atoms with van der Waals surface area (Å²) in [6, 6.07) is 102. The fourth-order valence-electron chi connectivity index (χ4n) is 11.2. The topological polar surface area (TPSA) is 8.17 Å². The molecule has 0 fully saturated rings. The molecule has 0 spiro atoms. The molecule has 0 radical (unpaired) electrons. The van der Waals surface area contributed by atoms with Gasteiger partial charge < -0.3 is 9.47 Å². The van der Waals surface area contributed by atoms with Gasteiger partial charge in [-0.25, -0.2) is 0 Å². The fraction of sp³-hybridized carbons (Fsp3) is 0.0149. The van der Waals surface area contributed by atoms with Crippen LogP contribution in [0.3, 0.4) is 0 Å². The summed E-state index contributed by atoms with van der Waals surface area (Å²) in [5.74, 6) is 0. The number of para-hydroxylation sites is 3. The molecule has 69 heavy (non-hydrogen) atoms. The second-order valence-electron chi connectivity index (χ2n) is 18.0. The molecule has 2 nitrogen and oxygen atoms in total. The quantitative estimate of drug-likeness (QED) is 0.140. The van der Waals surface area contributed by atoms with E-state index in [0.29, 0.717) is 0 Å². The Hall–Kier alpha value is -8.98. The number of benzene rings is 11. The number of aromatic nitrogens is 1. The molecule has 0 N–H and O–H groups in total. The Morgan fingerprint density at radius 1 is 0.275 bits per heavy atom. The standard InChI is InChI=1S/C67H46N2/c1-6-20-47(21-7-1)48-34-39-55(40-35-48)68(53-26-12-4-13-27-53)56-41-36-49(37-42-56)60-46-64-61(57-30-16-18-32-63(57)67(64,51-22-8-2-9-23-51)52-24-10-3-11-25-52)45-59(60)50-38-43-66-62(44-50)58-31-17-19-33-65(58)69(66)54-28-14-5-15-29-54/h1-46H. The average Bonchev–Trinajstić information content (AvgIpc) is 3.92. The van der Waals surface area contributed by atoms with Crippen LogP contribution in [0, 0.1) is 0 Å². The lowest BCUT2D eigenvalue weighted by Crippen LogP contribution is -2.28. The van der Waals surface area contributed by atoms with Crippen LogP contribution in [0.4, 0.5) is 17.1 Å². The first-order chi connectivity index (χ1) is 34.2. The molecular weight excluding hydrogens is 833 g/mol. The molecule has 0 unspecified atom stereocenters. The highest BCUT2D eigenvalue weighted by molar-refractivity contribution is 6.11. The zero-order chi connectivity index (χ0) is 45.7. The van der Waals surface area contributed by atoms with Crippen LogP contribution in [-0.4, -0.2) is 4.57 Å². The minimum absolute atomic E-state index is 0.537. The molecule has 1 heterocycles. The molecule has 0 saturated carbocycles. The summed E-state index contributed by atoms with van der Waals surface area (Å²) in [5, 5.41) is 2.47. The van der Waals surface area contributed by atoms with E-state index in [9.17, 15) is 0 Å². The number of fused-ring (bicyclic) bond motifs is 6. The van der Waals surface area contributed by atoms with Gasteiger partial charge in [0, 0.05) is 33.5 Å². The summed E-state index contributed by atoms with van der Waals surface area (Å²) in [6.45, 7) is 0. The van der Waals surface area contributed by atoms with Crippen LogP contribution in [0.25, 0.3) is 72.0 Å². The van der Waals surface area contributed by atoms with E-state index >= 15 is 0 Å². The predicted octanol–water partition coefficient (Wildman–Crippen LogP) is 17.6. The molecule has 2 heteroatoms. The van der Waals surface area contributed by atoms with Crippen LogP contribution >= 0.6 is 0 Å². The van der Waals surface area contributed by atoms with Gasteiger partial charge in [-0.05, 0) is 146 Å². The minimum Gasteiger partial charge on any atom is -0.311 e. The molecule has 0 saturated heterocycles. The molecule has 13 rings (SSSR count). The van der Waals surface area contributed by atoms with E-state index in [-0.39, 0.29) is 0 Å². The van der Waals surface area contributed by atoms with Crippen LogP contribution < -0.4 is 4.90 Å². The maximum Gasteiger partial charge on any atom is 0.0713 e. The summed E-state index contributed by atoms with van der Waals surface area (Å²) in [7, 11) is 0. The molecule has 0 amide bonds. The van der Waals surface area contributed by atoms with E-state index in [2.05, 4.69) is 289 Å². The number of nitrogens with zero attached hydrogens (tertiary/aromatic N) is 2. The Morgan fingerprint density at radius 2 is 0.754 bits per heavy atom. The van der Waals surface area contributed by atoms with Gasteiger partial charge in [-0.1, -0.05) is 200 Å². The zero-order valence-electron chi connectivity index (χ0n) is 38.0. The number of rotatable bonds is 9. The second kappa shape index (κ2) is 16.7. The molecule has 1 aromatic heterocycles. The van der Waals surface area contributed by atoms with Gasteiger partial charge in [0.2, 0.25) is 0 Å². The van der Waals surface area contributed by atoms with Crippen LogP contribution in [0.1, 0.15) is 22.3 Å². The van der Waals surface area contributed by atoms with Crippen molar-refractivity contribution in [1.82, 2.24) is 4.57 Å². The van der Waals surface area contributed by atoms with E-state index in [4.69, 9.17) is 0 Å². The van der Waals surface area contributed by atoms with E-state index in [1.54, 1.807) is 0 Å². The summed E-state index contributed by atoms with van der Waals surface area (Å²) >= 11 is 0. The van der Waals surface area contributed by atoms with Crippen LogP contribution in [0.5, 0.6) is 0 Å². The Labute approximate surface area is 403 Å². The lowest BCUT2D eigenvalue weighted by molar-refractivity contribution is 0.769. The Kier molecular flexibility index (Phi) is 9.77. The third kappa shape index (κ3) is 6.64. The van der Waals surface area contributed by atoms with Gasteiger partial charge in [-0.2, -0.15) is 0 Å². The highest BCUT2D eigenvalue weighted by atomic mass is 15.1. The number of hydrogen-bond donors (Lipinski definition) is 0. The predicted molar refractivity (Wildman–Crippen MR) is 289 cm³/mol. The van der Waals surface area contributed by atoms with Crippen molar-refractivity contribution < 1.29 is 0 Å². The Balaban J connectivity index is 1.04. The van der Waals surface area contributed by atoms with Crippen molar-refractivity contribution in [1.29, 1.82) is 0 Å². The molecule has 324 valence electrons. The highest BCUT2D eigenvalue weighted by Gasteiger charge is 2.46. The van der Waals surface area contributed by atoms with E-state index in [0.717, 1.165) is 28.3 Å². The van der Waals surface area contributed by atoms with Crippen molar-refractivity contribution in [2.24, 2.45) is 0 Å². The first-order valence-corrected chi connectivity index (χ1v) is 23.8. The van der Waals surface area contributed by atoms with Crippen molar-refractivity contribution in [3.05, 3.63) is 301 Å². The fourth-order valence-corrected chi connectivity index (χ4v) is 11.2. The van der Waals surface area contributed by atoms with E-state index in [1.807, 2.05) is 0 Å². The van der Waals surface area contributed by atoms with Gasteiger partial charge in [0.25, 0.3) is 0 Å². The van der Waals surface area contributed by atoms with Crippen LogP contribution in [0.2, 0.25) is 0 Å². The zero-order valence-corrected chi connectivity index (χ0v) is 38.0. The summed E-state index contributed by atoms with van der Waals surface area (Å²) < 4.78 is 2.40. The summed E-state index contributed by atoms with van der Waals surface area (Å²) in [5.41, 5.74) is 21.0. The SMILES string of the molecule is c1ccc(-c2ccc(N(c3ccccc3)c3ccc(-c4cc5c(cc4-c4ccc6c(c4)c4ccccc4n6-c4ccccc4)-c4ccccc4C5(c4ccccc4)c4ccccc4)cc3)cc2)cc1. The van der Waals surface area contributed by atoms with Gasteiger partial charge in [0.1, 0.15) is 0 Å². The Bertz CT molecular complexity index is 3750. The number of hydrogen-bond acceptors (Lipinski definition) is 1. The second-order valence-corrected chi connectivity index (χ2v) is 18.0. The van der Waals surface area contributed by atoms with E-state index in [1.165, 1.54) is 83.0 Å². The van der Waals surface area contributed by atoms with Crippen molar-refractivity contribution >= 4 is 38.9 Å². The molecule has 12 aromatic rings. The largest absolute Gasteiger partial charge is 0.311 e. The smallest absolute Gasteiger partial charge is 0.0713 e. The molecule has 0 bridgehead atoms. The Morgan fingerprint density at radius 3 is 1.42 bits per heavy atom. The van der Waals surface area contributed by atoms with Crippen molar-refractivity contribution in [3.8, 4) is 50.2 Å². The minimum atomic E-state index is -0.537. The first kappa shape index (κ1) is 40.3. The maximum atomic E-state index is 2.52. The third-order valence-corrected chi connectivity index (χ3v) is 14.3. The molecule has 1 aliphatic rings. The molecule has 0 atom stereocenters.